The largest absolute Gasteiger partial charge is 0.493 e. The normalized spacial score (nSPS) is 12.5. The molecule has 3 aromatic heterocycles. The molecular weight excluding hydrogens is 336 g/mol. The second kappa shape index (κ2) is 6.99. The fourth-order valence-electron chi connectivity index (χ4n) is 2.85. The summed E-state index contributed by atoms with van der Waals surface area (Å²) in [6.07, 6.45) is 4.81. The molecule has 1 atom stereocenters. The van der Waals surface area contributed by atoms with E-state index in [-0.39, 0.29) is 18.0 Å². The molecule has 0 aliphatic rings. The summed E-state index contributed by atoms with van der Waals surface area (Å²) in [6, 6.07) is 5.16. The van der Waals surface area contributed by atoms with Crippen LogP contribution < -0.4 is 5.56 Å². The van der Waals surface area contributed by atoms with Crippen molar-refractivity contribution in [1.29, 1.82) is 0 Å². The molecule has 0 amide bonds. The van der Waals surface area contributed by atoms with Crippen LogP contribution in [0.4, 0.5) is 0 Å². The Morgan fingerprint density at radius 3 is 2.77 bits per heavy atom. The van der Waals surface area contributed by atoms with Gasteiger partial charge in [0.15, 0.2) is 0 Å². The van der Waals surface area contributed by atoms with Crippen LogP contribution in [0, 0.1) is 0 Å². The zero-order valence-electron chi connectivity index (χ0n) is 14.8. The van der Waals surface area contributed by atoms with Crippen molar-refractivity contribution in [3.05, 3.63) is 58.3 Å². The summed E-state index contributed by atoms with van der Waals surface area (Å²) >= 11 is 0. The van der Waals surface area contributed by atoms with Crippen molar-refractivity contribution in [3.63, 3.8) is 0 Å². The number of methoxy groups -OCH3 is 1. The number of hydrogen-bond acceptors (Lipinski definition) is 6. The molecule has 3 heterocycles. The first-order valence-corrected chi connectivity index (χ1v) is 8.23. The van der Waals surface area contributed by atoms with Crippen LogP contribution in [-0.4, -0.2) is 37.4 Å². The van der Waals surface area contributed by atoms with Crippen LogP contribution in [0.15, 0.2) is 41.6 Å². The Kier molecular flexibility index (Phi) is 4.75. The highest BCUT2D eigenvalue weighted by molar-refractivity contribution is 5.71. The average molecular weight is 356 g/mol. The molecule has 0 saturated carbocycles. The van der Waals surface area contributed by atoms with Gasteiger partial charge in [0, 0.05) is 24.4 Å². The minimum Gasteiger partial charge on any atom is -0.493 e. The summed E-state index contributed by atoms with van der Waals surface area (Å²) in [5, 5.41) is 14.7. The van der Waals surface area contributed by atoms with Gasteiger partial charge in [0.25, 0.3) is 5.56 Å². The SMILES string of the molecule is COC(=O)CC(c1cnn(C(C)C)c1)c1c(O)nc2ccccn2c1=O. The summed E-state index contributed by atoms with van der Waals surface area (Å²) in [5.74, 6) is -1.61. The maximum absolute atomic E-state index is 13.0. The van der Waals surface area contributed by atoms with E-state index in [4.69, 9.17) is 4.74 Å². The molecule has 3 aromatic rings. The number of hydrogen-bond donors (Lipinski definition) is 1. The van der Waals surface area contributed by atoms with E-state index in [0.717, 1.165) is 0 Å². The van der Waals surface area contributed by atoms with Crippen molar-refractivity contribution in [1.82, 2.24) is 19.2 Å². The third-order valence-electron chi connectivity index (χ3n) is 4.25. The standard InChI is InChI=1S/C18H20N4O4/c1-11(2)22-10-12(9-19-22)13(8-15(23)26-3)16-17(24)20-14-6-4-5-7-21(14)18(16)25/h4-7,9-11,13,24H,8H2,1-3H3. The molecule has 0 aliphatic heterocycles. The molecule has 0 spiro atoms. The number of fused-ring (bicyclic) bond motifs is 1. The van der Waals surface area contributed by atoms with Crippen molar-refractivity contribution in [2.45, 2.75) is 32.2 Å². The van der Waals surface area contributed by atoms with Crippen molar-refractivity contribution >= 4 is 11.6 Å². The van der Waals surface area contributed by atoms with Gasteiger partial charge in [-0.05, 0) is 31.5 Å². The number of carbonyl (C=O) groups is 1. The first-order valence-electron chi connectivity index (χ1n) is 8.23. The number of rotatable bonds is 5. The molecule has 0 radical (unpaired) electrons. The fraction of sp³-hybridized carbons (Fsp3) is 0.333. The summed E-state index contributed by atoms with van der Waals surface area (Å²) < 4.78 is 7.83. The maximum Gasteiger partial charge on any atom is 0.306 e. The highest BCUT2D eigenvalue weighted by atomic mass is 16.5. The topological polar surface area (TPSA) is 98.7 Å². The molecule has 1 N–H and O–H groups in total. The summed E-state index contributed by atoms with van der Waals surface area (Å²) in [6.45, 7) is 3.94. The molecule has 8 nitrogen and oxygen atoms in total. The molecule has 0 aliphatic carbocycles. The Hall–Kier alpha value is -3.16. The number of aromatic hydroxyl groups is 1. The van der Waals surface area contributed by atoms with Gasteiger partial charge in [0.1, 0.15) is 5.65 Å². The Balaban J connectivity index is 2.19. The summed E-state index contributed by atoms with van der Waals surface area (Å²) in [7, 11) is 1.28. The van der Waals surface area contributed by atoms with Crippen LogP contribution in [0.3, 0.4) is 0 Å². The number of carbonyl (C=O) groups excluding carboxylic acids is 1. The van der Waals surface area contributed by atoms with Gasteiger partial charge in [0.05, 0.1) is 25.3 Å². The van der Waals surface area contributed by atoms with Crippen molar-refractivity contribution in [3.8, 4) is 5.88 Å². The lowest BCUT2D eigenvalue weighted by Gasteiger charge is -2.16. The molecule has 0 aromatic carbocycles. The van der Waals surface area contributed by atoms with Crippen LogP contribution >= 0.6 is 0 Å². The van der Waals surface area contributed by atoms with Gasteiger partial charge < -0.3 is 9.84 Å². The van der Waals surface area contributed by atoms with E-state index in [2.05, 4.69) is 10.1 Å². The number of pyridine rings is 1. The average Bonchev–Trinajstić information content (AvgIpc) is 3.11. The number of nitrogens with zero attached hydrogens (tertiary/aromatic N) is 4. The summed E-state index contributed by atoms with van der Waals surface area (Å²) in [4.78, 5) is 29.0. The highest BCUT2D eigenvalue weighted by Crippen LogP contribution is 2.31. The predicted octanol–water partition coefficient (Wildman–Crippen LogP) is 1.87. The van der Waals surface area contributed by atoms with Gasteiger partial charge in [-0.3, -0.25) is 18.7 Å². The molecular formula is C18H20N4O4. The molecule has 3 rings (SSSR count). The van der Waals surface area contributed by atoms with E-state index < -0.39 is 23.3 Å². The second-order valence-electron chi connectivity index (χ2n) is 6.26. The number of esters is 1. The molecule has 0 bridgehead atoms. The van der Waals surface area contributed by atoms with Crippen molar-refractivity contribution in [2.75, 3.05) is 7.11 Å². The first-order chi connectivity index (χ1) is 12.4. The van der Waals surface area contributed by atoms with Crippen LogP contribution in [0.2, 0.25) is 0 Å². The minimum atomic E-state index is -0.716. The number of ether oxygens (including phenoxy) is 1. The smallest absolute Gasteiger partial charge is 0.306 e. The molecule has 26 heavy (non-hydrogen) atoms. The maximum atomic E-state index is 13.0. The van der Waals surface area contributed by atoms with Gasteiger partial charge in [0.2, 0.25) is 5.88 Å². The van der Waals surface area contributed by atoms with E-state index >= 15 is 0 Å². The highest BCUT2D eigenvalue weighted by Gasteiger charge is 2.28. The molecule has 1 unspecified atom stereocenters. The minimum absolute atomic E-state index is 0.0439. The summed E-state index contributed by atoms with van der Waals surface area (Å²) in [5.41, 5.74) is 0.573. The lowest BCUT2D eigenvalue weighted by molar-refractivity contribution is -0.140. The number of aromatic nitrogens is 4. The molecule has 136 valence electrons. The Morgan fingerprint density at radius 2 is 2.12 bits per heavy atom. The zero-order valence-corrected chi connectivity index (χ0v) is 14.8. The van der Waals surface area contributed by atoms with Crippen LogP contribution in [0.25, 0.3) is 5.65 Å². The van der Waals surface area contributed by atoms with Crippen LogP contribution in [0.5, 0.6) is 5.88 Å². The quantitative estimate of drug-likeness (QED) is 0.701. The second-order valence-corrected chi connectivity index (χ2v) is 6.26. The van der Waals surface area contributed by atoms with E-state index in [0.29, 0.717) is 11.2 Å². The lowest BCUT2D eigenvalue weighted by Crippen LogP contribution is -2.24. The monoisotopic (exact) mass is 356 g/mol. The van der Waals surface area contributed by atoms with Crippen LogP contribution in [0.1, 0.15) is 43.4 Å². The van der Waals surface area contributed by atoms with Gasteiger partial charge in [-0.2, -0.15) is 10.1 Å². The zero-order chi connectivity index (χ0) is 18.8. The Bertz CT molecular complexity index is 1010. The van der Waals surface area contributed by atoms with E-state index in [1.165, 1.54) is 11.5 Å². The van der Waals surface area contributed by atoms with Gasteiger partial charge in [-0.1, -0.05) is 6.07 Å². The third-order valence-corrected chi connectivity index (χ3v) is 4.25. The van der Waals surface area contributed by atoms with Gasteiger partial charge in [-0.15, -0.1) is 0 Å². The van der Waals surface area contributed by atoms with E-state index in [9.17, 15) is 14.7 Å². The molecule has 8 heteroatoms. The first kappa shape index (κ1) is 17.7. The Labute approximate surface area is 149 Å². The van der Waals surface area contributed by atoms with Gasteiger partial charge in [-0.25, -0.2) is 0 Å². The fourth-order valence-corrected chi connectivity index (χ4v) is 2.85. The predicted molar refractivity (Wildman–Crippen MR) is 94.2 cm³/mol. The van der Waals surface area contributed by atoms with Crippen molar-refractivity contribution in [2.24, 2.45) is 0 Å². The third kappa shape index (κ3) is 3.17. The van der Waals surface area contributed by atoms with Crippen molar-refractivity contribution < 1.29 is 14.6 Å². The Morgan fingerprint density at radius 1 is 1.35 bits per heavy atom. The van der Waals surface area contributed by atoms with E-state index in [1.54, 1.807) is 41.5 Å². The molecule has 0 saturated heterocycles. The molecule has 0 fully saturated rings. The lowest BCUT2D eigenvalue weighted by atomic mass is 9.91. The van der Waals surface area contributed by atoms with Crippen LogP contribution in [-0.2, 0) is 9.53 Å². The van der Waals surface area contributed by atoms with Gasteiger partial charge >= 0.3 is 5.97 Å². The van der Waals surface area contributed by atoms with E-state index in [1.807, 2.05) is 13.8 Å².